The quantitative estimate of drug-likeness (QED) is 0.704. The molecule has 0 fully saturated rings. The first-order valence-electron chi connectivity index (χ1n) is 7.91. The summed E-state index contributed by atoms with van der Waals surface area (Å²) in [6, 6.07) is 6.43. The van der Waals surface area contributed by atoms with Gasteiger partial charge in [-0.3, -0.25) is 4.79 Å². The van der Waals surface area contributed by atoms with Crippen LogP contribution in [0.1, 0.15) is 72.4 Å². The Kier molecular flexibility index (Phi) is 5.61. The second-order valence-corrected chi connectivity index (χ2v) is 7.18. The molecule has 0 spiro atoms. The van der Waals surface area contributed by atoms with E-state index in [-0.39, 0.29) is 23.2 Å². The summed E-state index contributed by atoms with van der Waals surface area (Å²) >= 11 is 0. The van der Waals surface area contributed by atoms with Gasteiger partial charge in [0.05, 0.1) is 0 Å². The van der Waals surface area contributed by atoms with Gasteiger partial charge in [0.25, 0.3) is 0 Å². The number of Topliss-reactive ketones (excluding diaryl/α,β-unsaturated/α-hetero) is 1. The molecule has 0 unspecified atom stereocenters. The Labute approximate surface area is 129 Å². The predicted molar refractivity (Wildman–Crippen MR) is 89.3 cm³/mol. The van der Waals surface area contributed by atoms with Crippen molar-refractivity contribution in [1.29, 1.82) is 0 Å². The first kappa shape index (κ1) is 17.7. The number of hydrogen-bond donors (Lipinski definition) is 0. The number of ether oxygens (including phenoxy) is 1. The highest BCUT2D eigenvalue weighted by Crippen LogP contribution is 2.38. The minimum absolute atomic E-state index is 0.0337. The van der Waals surface area contributed by atoms with E-state index in [0.717, 1.165) is 18.6 Å². The van der Waals surface area contributed by atoms with E-state index in [1.165, 1.54) is 11.1 Å². The highest BCUT2D eigenvalue weighted by molar-refractivity contribution is 5.77. The molecule has 0 aliphatic heterocycles. The van der Waals surface area contributed by atoms with Crippen molar-refractivity contribution in [3.05, 3.63) is 29.3 Å². The predicted octanol–water partition coefficient (Wildman–Crippen LogP) is 5.03. The molecule has 1 aromatic rings. The van der Waals surface area contributed by atoms with E-state index >= 15 is 0 Å². The standard InChI is InChI=1S/C19H30O2/c1-8-18(4,5)15-10-11-17(21-13-14(3)20)16(12-15)19(6,7)9-2/h10-12H,8-9,13H2,1-7H3. The van der Waals surface area contributed by atoms with Gasteiger partial charge in [0.2, 0.25) is 0 Å². The molecule has 0 heterocycles. The van der Waals surface area contributed by atoms with Crippen molar-refractivity contribution in [1.82, 2.24) is 0 Å². The van der Waals surface area contributed by atoms with E-state index in [9.17, 15) is 4.79 Å². The molecular formula is C19H30O2. The van der Waals surface area contributed by atoms with Crippen molar-refractivity contribution in [3.63, 3.8) is 0 Å². The number of carbonyl (C=O) groups is 1. The lowest BCUT2D eigenvalue weighted by Gasteiger charge is -2.30. The molecule has 0 saturated heterocycles. The summed E-state index contributed by atoms with van der Waals surface area (Å²) in [5.74, 6) is 0.890. The van der Waals surface area contributed by atoms with Gasteiger partial charge in [0.15, 0.2) is 5.78 Å². The molecule has 0 radical (unpaired) electrons. The van der Waals surface area contributed by atoms with Gasteiger partial charge in [-0.25, -0.2) is 0 Å². The van der Waals surface area contributed by atoms with Crippen LogP contribution in [0.2, 0.25) is 0 Å². The molecule has 0 amide bonds. The van der Waals surface area contributed by atoms with Crippen LogP contribution in [0, 0.1) is 0 Å². The van der Waals surface area contributed by atoms with Gasteiger partial charge in [-0.2, -0.15) is 0 Å². The number of benzene rings is 1. The highest BCUT2D eigenvalue weighted by Gasteiger charge is 2.26. The number of hydrogen-bond acceptors (Lipinski definition) is 2. The molecule has 21 heavy (non-hydrogen) atoms. The molecule has 0 atom stereocenters. The van der Waals surface area contributed by atoms with Gasteiger partial charge in [0, 0.05) is 5.56 Å². The van der Waals surface area contributed by atoms with E-state index in [4.69, 9.17) is 4.74 Å². The molecule has 0 bridgehead atoms. The Morgan fingerprint density at radius 3 is 2.10 bits per heavy atom. The lowest BCUT2D eigenvalue weighted by molar-refractivity contribution is -0.118. The van der Waals surface area contributed by atoms with Gasteiger partial charge in [-0.1, -0.05) is 53.7 Å². The molecule has 0 aromatic heterocycles. The molecular weight excluding hydrogens is 260 g/mol. The van der Waals surface area contributed by atoms with E-state index in [1.54, 1.807) is 6.92 Å². The van der Waals surface area contributed by atoms with Gasteiger partial charge >= 0.3 is 0 Å². The Bertz CT molecular complexity index is 498. The fourth-order valence-corrected chi connectivity index (χ4v) is 2.18. The number of ketones is 1. The average Bonchev–Trinajstić information content (AvgIpc) is 2.44. The smallest absolute Gasteiger partial charge is 0.167 e. The third kappa shape index (κ3) is 4.33. The summed E-state index contributed by atoms with van der Waals surface area (Å²) in [5.41, 5.74) is 2.71. The molecule has 2 heteroatoms. The van der Waals surface area contributed by atoms with Crippen LogP contribution in [0.3, 0.4) is 0 Å². The van der Waals surface area contributed by atoms with E-state index in [1.807, 2.05) is 6.07 Å². The largest absolute Gasteiger partial charge is 0.486 e. The third-order valence-electron chi connectivity index (χ3n) is 4.69. The Hall–Kier alpha value is -1.31. The van der Waals surface area contributed by atoms with E-state index < -0.39 is 0 Å². The van der Waals surface area contributed by atoms with Crippen LogP contribution in [0.15, 0.2) is 18.2 Å². The monoisotopic (exact) mass is 290 g/mol. The summed E-state index contributed by atoms with van der Waals surface area (Å²) in [6.07, 6.45) is 2.12. The highest BCUT2D eigenvalue weighted by atomic mass is 16.5. The SMILES string of the molecule is CCC(C)(C)c1ccc(OCC(C)=O)c(C(C)(C)CC)c1. The lowest BCUT2D eigenvalue weighted by Crippen LogP contribution is -2.21. The summed E-state index contributed by atoms with van der Waals surface area (Å²) in [5, 5.41) is 0. The minimum Gasteiger partial charge on any atom is -0.486 e. The summed E-state index contributed by atoms with van der Waals surface area (Å²) in [6.45, 7) is 15.1. The zero-order valence-electron chi connectivity index (χ0n) is 14.7. The Balaban J connectivity index is 3.30. The fourth-order valence-electron chi connectivity index (χ4n) is 2.18. The molecule has 118 valence electrons. The normalized spacial score (nSPS) is 12.3. The van der Waals surface area contributed by atoms with E-state index in [0.29, 0.717) is 0 Å². The molecule has 0 aliphatic rings. The molecule has 0 saturated carbocycles. The van der Waals surface area contributed by atoms with E-state index in [2.05, 4.69) is 53.7 Å². The molecule has 0 aliphatic carbocycles. The van der Waals surface area contributed by atoms with Crippen LogP contribution in [-0.4, -0.2) is 12.4 Å². The van der Waals surface area contributed by atoms with Gasteiger partial charge in [-0.05, 0) is 42.2 Å². The molecule has 0 N–H and O–H groups in total. The lowest BCUT2D eigenvalue weighted by atomic mass is 9.76. The van der Waals surface area contributed by atoms with Crippen LogP contribution in [0.25, 0.3) is 0 Å². The topological polar surface area (TPSA) is 26.3 Å². The minimum atomic E-state index is 0.0337. The third-order valence-corrected chi connectivity index (χ3v) is 4.69. The van der Waals surface area contributed by atoms with Gasteiger partial charge in [-0.15, -0.1) is 0 Å². The molecule has 2 nitrogen and oxygen atoms in total. The average molecular weight is 290 g/mol. The summed E-state index contributed by atoms with van der Waals surface area (Å²) < 4.78 is 5.74. The van der Waals surface area contributed by atoms with Crippen LogP contribution < -0.4 is 4.74 Å². The molecule has 1 rings (SSSR count). The second-order valence-electron chi connectivity index (χ2n) is 7.18. The number of rotatable bonds is 7. The molecule has 1 aromatic carbocycles. The fraction of sp³-hybridized carbons (Fsp3) is 0.632. The van der Waals surface area contributed by atoms with Gasteiger partial charge < -0.3 is 4.74 Å². The van der Waals surface area contributed by atoms with Crippen molar-refractivity contribution in [3.8, 4) is 5.75 Å². The first-order valence-corrected chi connectivity index (χ1v) is 7.91. The maximum absolute atomic E-state index is 11.2. The maximum Gasteiger partial charge on any atom is 0.167 e. The zero-order chi connectivity index (χ0) is 16.3. The van der Waals surface area contributed by atoms with Crippen LogP contribution in [0.4, 0.5) is 0 Å². The summed E-state index contributed by atoms with van der Waals surface area (Å²) in [7, 11) is 0. The summed E-state index contributed by atoms with van der Waals surface area (Å²) in [4.78, 5) is 11.2. The van der Waals surface area contributed by atoms with Crippen LogP contribution >= 0.6 is 0 Å². The number of carbonyl (C=O) groups excluding carboxylic acids is 1. The Morgan fingerprint density at radius 1 is 1.05 bits per heavy atom. The zero-order valence-corrected chi connectivity index (χ0v) is 14.7. The van der Waals surface area contributed by atoms with Crippen LogP contribution in [-0.2, 0) is 15.6 Å². The Morgan fingerprint density at radius 2 is 1.62 bits per heavy atom. The maximum atomic E-state index is 11.2. The van der Waals surface area contributed by atoms with Crippen molar-refractivity contribution in [2.75, 3.05) is 6.61 Å². The van der Waals surface area contributed by atoms with Crippen LogP contribution in [0.5, 0.6) is 5.75 Å². The first-order chi connectivity index (χ1) is 9.64. The second kappa shape index (κ2) is 6.64. The van der Waals surface area contributed by atoms with Crippen molar-refractivity contribution in [2.45, 2.75) is 72.1 Å². The van der Waals surface area contributed by atoms with Crippen molar-refractivity contribution >= 4 is 5.78 Å². The van der Waals surface area contributed by atoms with Gasteiger partial charge in [0.1, 0.15) is 12.4 Å². The van der Waals surface area contributed by atoms with Crippen molar-refractivity contribution < 1.29 is 9.53 Å². The van der Waals surface area contributed by atoms with Crippen molar-refractivity contribution in [2.24, 2.45) is 0 Å².